The third-order valence-electron chi connectivity index (χ3n) is 4.46. The summed E-state index contributed by atoms with van der Waals surface area (Å²) in [6, 6.07) is 10.8. The van der Waals surface area contributed by atoms with E-state index < -0.39 is 0 Å². The second-order valence-corrected chi connectivity index (χ2v) is 5.91. The van der Waals surface area contributed by atoms with Crippen LogP contribution in [0.15, 0.2) is 30.3 Å². The SMILES string of the molecule is CC(=O)N[C@@]1(c2ccccc2)C[C@H](C)N(C)C[C@@H]1C. The molecule has 1 aromatic rings. The van der Waals surface area contributed by atoms with E-state index in [0.29, 0.717) is 12.0 Å². The highest BCUT2D eigenvalue weighted by molar-refractivity contribution is 5.74. The van der Waals surface area contributed by atoms with Crippen molar-refractivity contribution in [1.82, 2.24) is 10.2 Å². The molecule has 0 spiro atoms. The standard InChI is InChI=1S/C16H24N2O/c1-12-11-18(4)13(2)10-16(12,17-14(3)19)15-8-6-5-7-9-15/h5-9,12-13H,10-11H2,1-4H3,(H,17,19)/t12-,13-,16-/m0/s1. The maximum Gasteiger partial charge on any atom is 0.217 e. The van der Waals surface area contributed by atoms with Crippen LogP contribution in [-0.2, 0) is 10.3 Å². The molecule has 3 nitrogen and oxygen atoms in total. The summed E-state index contributed by atoms with van der Waals surface area (Å²) in [6.07, 6.45) is 0.953. The largest absolute Gasteiger partial charge is 0.346 e. The molecule has 19 heavy (non-hydrogen) atoms. The first-order valence-corrected chi connectivity index (χ1v) is 7.00. The van der Waals surface area contributed by atoms with E-state index in [1.807, 2.05) is 6.07 Å². The fraction of sp³-hybridized carbons (Fsp3) is 0.562. The van der Waals surface area contributed by atoms with Gasteiger partial charge in [-0.05, 0) is 31.9 Å². The summed E-state index contributed by atoms with van der Waals surface area (Å²) in [4.78, 5) is 14.1. The number of hydrogen-bond donors (Lipinski definition) is 1. The van der Waals surface area contributed by atoms with Gasteiger partial charge in [0.15, 0.2) is 0 Å². The number of benzene rings is 1. The van der Waals surface area contributed by atoms with Crippen molar-refractivity contribution < 1.29 is 4.79 Å². The lowest BCUT2D eigenvalue weighted by Gasteiger charge is -2.49. The lowest BCUT2D eigenvalue weighted by atomic mass is 9.71. The van der Waals surface area contributed by atoms with Gasteiger partial charge in [0.1, 0.15) is 0 Å². The second kappa shape index (κ2) is 5.33. The topological polar surface area (TPSA) is 32.3 Å². The average Bonchev–Trinajstić information content (AvgIpc) is 2.36. The van der Waals surface area contributed by atoms with Gasteiger partial charge in [-0.15, -0.1) is 0 Å². The van der Waals surface area contributed by atoms with Crippen molar-refractivity contribution in [3.63, 3.8) is 0 Å². The van der Waals surface area contributed by atoms with Gasteiger partial charge in [0.2, 0.25) is 5.91 Å². The Morgan fingerprint density at radius 2 is 1.95 bits per heavy atom. The van der Waals surface area contributed by atoms with E-state index in [1.54, 1.807) is 6.92 Å². The molecule has 1 N–H and O–H groups in total. The number of piperidine rings is 1. The zero-order chi connectivity index (χ0) is 14.0. The minimum absolute atomic E-state index is 0.0486. The molecule has 0 aromatic heterocycles. The maximum atomic E-state index is 11.7. The predicted molar refractivity (Wildman–Crippen MR) is 77.8 cm³/mol. The first kappa shape index (κ1) is 14.1. The lowest BCUT2D eigenvalue weighted by molar-refractivity contribution is -0.123. The van der Waals surface area contributed by atoms with E-state index >= 15 is 0 Å². The Morgan fingerprint density at radius 3 is 2.53 bits per heavy atom. The van der Waals surface area contributed by atoms with E-state index in [1.165, 1.54) is 5.56 Å². The molecule has 1 aliphatic rings. The van der Waals surface area contributed by atoms with E-state index in [0.717, 1.165) is 13.0 Å². The number of hydrogen-bond acceptors (Lipinski definition) is 2. The highest BCUT2D eigenvalue weighted by Crippen LogP contribution is 2.39. The van der Waals surface area contributed by atoms with Crippen LogP contribution in [0.3, 0.4) is 0 Å². The summed E-state index contributed by atoms with van der Waals surface area (Å²) in [5.74, 6) is 0.437. The molecule has 1 heterocycles. The summed E-state index contributed by atoms with van der Waals surface area (Å²) in [5, 5.41) is 3.25. The van der Waals surface area contributed by atoms with Crippen molar-refractivity contribution in [2.75, 3.05) is 13.6 Å². The molecule has 3 heteroatoms. The molecule has 0 saturated carbocycles. The molecule has 1 fully saturated rings. The summed E-state index contributed by atoms with van der Waals surface area (Å²) in [5.41, 5.74) is 0.983. The van der Waals surface area contributed by atoms with Crippen molar-refractivity contribution in [3.8, 4) is 0 Å². The van der Waals surface area contributed by atoms with Crippen molar-refractivity contribution in [3.05, 3.63) is 35.9 Å². The molecule has 0 aliphatic carbocycles. The van der Waals surface area contributed by atoms with Crippen LogP contribution in [-0.4, -0.2) is 30.4 Å². The molecule has 1 aliphatic heterocycles. The van der Waals surface area contributed by atoms with E-state index in [9.17, 15) is 4.79 Å². The molecule has 2 rings (SSSR count). The number of likely N-dealkylation sites (tertiary alicyclic amines) is 1. The molecule has 1 aromatic carbocycles. The zero-order valence-corrected chi connectivity index (χ0v) is 12.3. The van der Waals surface area contributed by atoms with Gasteiger partial charge in [0.25, 0.3) is 0 Å². The van der Waals surface area contributed by atoms with Gasteiger partial charge in [0, 0.05) is 19.5 Å². The van der Waals surface area contributed by atoms with Gasteiger partial charge in [-0.25, -0.2) is 0 Å². The number of carbonyl (C=O) groups excluding carboxylic acids is 1. The third-order valence-corrected chi connectivity index (χ3v) is 4.46. The van der Waals surface area contributed by atoms with Gasteiger partial charge < -0.3 is 10.2 Å². The van der Waals surface area contributed by atoms with Gasteiger partial charge in [-0.3, -0.25) is 4.79 Å². The monoisotopic (exact) mass is 260 g/mol. The minimum atomic E-state index is -0.237. The van der Waals surface area contributed by atoms with Gasteiger partial charge in [-0.2, -0.15) is 0 Å². The Labute approximate surface area is 116 Å². The number of nitrogens with one attached hydrogen (secondary N) is 1. The van der Waals surface area contributed by atoms with Crippen molar-refractivity contribution in [2.45, 2.75) is 38.8 Å². The van der Waals surface area contributed by atoms with Crippen molar-refractivity contribution in [1.29, 1.82) is 0 Å². The second-order valence-electron chi connectivity index (χ2n) is 5.91. The molecular formula is C16H24N2O. The first-order chi connectivity index (χ1) is 8.95. The fourth-order valence-electron chi connectivity index (χ4n) is 3.29. The van der Waals surface area contributed by atoms with Gasteiger partial charge in [0.05, 0.1) is 5.54 Å². The van der Waals surface area contributed by atoms with Gasteiger partial charge in [-0.1, -0.05) is 37.3 Å². The molecule has 3 atom stereocenters. The highest BCUT2D eigenvalue weighted by atomic mass is 16.1. The van der Waals surface area contributed by atoms with Crippen molar-refractivity contribution >= 4 is 5.91 Å². The third kappa shape index (κ3) is 2.66. The quantitative estimate of drug-likeness (QED) is 0.885. The Hall–Kier alpha value is -1.35. The Balaban J connectivity index is 2.43. The summed E-state index contributed by atoms with van der Waals surface area (Å²) < 4.78 is 0. The number of nitrogens with zero attached hydrogens (tertiary/aromatic N) is 1. The smallest absolute Gasteiger partial charge is 0.217 e. The number of carbonyl (C=O) groups is 1. The Bertz CT molecular complexity index is 445. The average molecular weight is 260 g/mol. The van der Waals surface area contributed by atoms with Crippen LogP contribution in [0.25, 0.3) is 0 Å². The number of rotatable bonds is 2. The molecule has 0 bridgehead atoms. The van der Waals surface area contributed by atoms with Crippen molar-refractivity contribution in [2.24, 2.45) is 5.92 Å². The molecule has 0 unspecified atom stereocenters. The maximum absolute atomic E-state index is 11.7. The van der Waals surface area contributed by atoms with Crippen LogP contribution < -0.4 is 5.32 Å². The van der Waals surface area contributed by atoms with Crippen LogP contribution in [0.5, 0.6) is 0 Å². The van der Waals surface area contributed by atoms with E-state index in [4.69, 9.17) is 0 Å². The molecular weight excluding hydrogens is 236 g/mol. The van der Waals surface area contributed by atoms with Crippen LogP contribution >= 0.6 is 0 Å². The summed E-state index contributed by atoms with van der Waals surface area (Å²) in [6.45, 7) is 7.06. The minimum Gasteiger partial charge on any atom is -0.346 e. The molecule has 1 amide bonds. The van der Waals surface area contributed by atoms with Crippen LogP contribution in [0.1, 0.15) is 32.8 Å². The zero-order valence-electron chi connectivity index (χ0n) is 12.3. The first-order valence-electron chi connectivity index (χ1n) is 7.00. The molecule has 104 valence electrons. The molecule has 1 saturated heterocycles. The normalized spacial score (nSPS) is 32.0. The molecule has 0 radical (unpaired) electrons. The lowest BCUT2D eigenvalue weighted by Crippen LogP contribution is -2.59. The summed E-state index contributed by atoms with van der Waals surface area (Å²) in [7, 11) is 2.16. The number of amides is 1. The van der Waals surface area contributed by atoms with Gasteiger partial charge >= 0.3 is 0 Å². The Kier molecular flexibility index (Phi) is 3.95. The Morgan fingerprint density at radius 1 is 1.32 bits per heavy atom. The van der Waals surface area contributed by atoms with E-state index in [2.05, 4.69) is 55.4 Å². The van der Waals surface area contributed by atoms with Crippen LogP contribution in [0.2, 0.25) is 0 Å². The van der Waals surface area contributed by atoms with E-state index in [-0.39, 0.29) is 11.4 Å². The van der Waals surface area contributed by atoms with Crippen LogP contribution in [0, 0.1) is 5.92 Å². The highest BCUT2D eigenvalue weighted by Gasteiger charge is 2.44. The summed E-state index contributed by atoms with van der Waals surface area (Å²) >= 11 is 0. The predicted octanol–water partition coefficient (Wildman–Crippen LogP) is 2.38. The fourth-order valence-corrected chi connectivity index (χ4v) is 3.29. The van der Waals surface area contributed by atoms with Crippen LogP contribution in [0.4, 0.5) is 0 Å².